The fourth-order valence-corrected chi connectivity index (χ4v) is 3.19. The normalized spacial score (nSPS) is 13.0. The van der Waals surface area contributed by atoms with Gasteiger partial charge in [0.15, 0.2) is 6.10 Å². The van der Waals surface area contributed by atoms with Gasteiger partial charge in [0.25, 0.3) is 0 Å². The maximum atomic E-state index is 12.8. The van der Waals surface area contributed by atoms with E-state index in [0.717, 1.165) is 24.0 Å². The molecule has 1 rings (SSSR count). The molecule has 0 unspecified atom stereocenters. The Morgan fingerprint density at radius 3 is 2.33 bits per heavy atom. The topological polar surface area (TPSA) is 35.5 Å². The van der Waals surface area contributed by atoms with Gasteiger partial charge in [-0.3, -0.25) is 0 Å². The van der Waals surface area contributed by atoms with Gasteiger partial charge >= 0.3 is 5.97 Å². The van der Waals surface area contributed by atoms with E-state index in [1.807, 2.05) is 43.3 Å². The number of esters is 1. The van der Waals surface area contributed by atoms with Crippen molar-refractivity contribution in [2.24, 2.45) is 5.92 Å². The molecular weight excluding hydrogens is 336 g/mol. The quantitative estimate of drug-likeness (QED) is 0.242. The SMILES string of the molecule is CC=C=C(CCCCCCC)[C@@H](OC(=O)[C@@H](OC)c1ccccc1)C(C)C. The largest absolute Gasteiger partial charge is 0.455 e. The summed E-state index contributed by atoms with van der Waals surface area (Å²) in [6.07, 6.45) is 7.91. The van der Waals surface area contributed by atoms with Crippen molar-refractivity contribution in [2.45, 2.75) is 78.4 Å². The molecule has 0 saturated heterocycles. The van der Waals surface area contributed by atoms with Crippen LogP contribution in [0.1, 0.15) is 77.9 Å². The lowest BCUT2D eigenvalue weighted by Gasteiger charge is -2.25. The number of methoxy groups -OCH3 is 1. The van der Waals surface area contributed by atoms with E-state index < -0.39 is 6.10 Å². The summed E-state index contributed by atoms with van der Waals surface area (Å²) in [5.74, 6) is -0.163. The first-order chi connectivity index (χ1) is 13.0. The number of benzene rings is 1. The number of rotatable bonds is 12. The zero-order chi connectivity index (χ0) is 20.1. The zero-order valence-electron chi connectivity index (χ0n) is 17.7. The summed E-state index contributed by atoms with van der Waals surface area (Å²) >= 11 is 0. The van der Waals surface area contributed by atoms with Gasteiger partial charge in [-0.25, -0.2) is 4.79 Å². The Hall–Kier alpha value is -1.83. The maximum Gasteiger partial charge on any atom is 0.340 e. The molecule has 2 atom stereocenters. The van der Waals surface area contributed by atoms with Crippen LogP contribution in [0, 0.1) is 5.92 Å². The molecule has 3 nitrogen and oxygen atoms in total. The third-order valence-corrected chi connectivity index (χ3v) is 4.62. The van der Waals surface area contributed by atoms with Crippen molar-refractivity contribution in [2.75, 3.05) is 7.11 Å². The average molecular weight is 373 g/mol. The van der Waals surface area contributed by atoms with Gasteiger partial charge in [0.05, 0.1) is 0 Å². The van der Waals surface area contributed by atoms with Gasteiger partial charge in [-0.15, -0.1) is 5.73 Å². The third-order valence-electron chi connectivity index (χ3n) is 4.62. The first kappa shape index (κ1) is 23.2. The van der Waals surface area contributed by atoms with Gasteiger partial charge in [-0.1, -0.05) is 76.8 Å². The molecule has 27 heavy (non-hydrogen) atoms. The molecule has 0 spiro atoms. The third kappa shape index (κ3) is 8.15. The van der Waals surface area contributed by atoms with Gasteiger partial charge in [0.2, 0.25) is 0 Å². The molecule has 0 N–H and O–H groups in total. The molecule has 1 aromatic rings. The van der Waals surface area contributed by atoms with Crippen LogP contribution in [-0.4, -0.2) is 19.2 Å². The van der Waals surface area contributed by atoms with Crippen molar-refractivity contribution >= 4 is 5.97 Å². The highest BCUT2D eigenvalue weighted by atomic mass is 16.6. The van der Waals surface area contributed by atoms with Crippen LogP contribution < -0.4 is 0 Å². The molecule has 0 aliphatic carbocycles. The Morgan fingerprint density at radius 1 is 1.11 bits per heavy atom. The van der Waals surface area contributed by atoms with Crippen molar-refractivity contribution < 1.29 is 14.3 Å². The van der Waals surface area contributed by atoms with E-state index in [-0.39, 0.29) is 18.0 Å². The Bertz CT molecular complexity index is 597. The van der Waals surface area contributed by atoms with Gasteiger partial charge in [0.1, 0.15) is 6.10 Å². The Labute approximate surface area is 165 Å². The van der Waals surface area contributed by atoms with Crippen molar-refractivity contribution in [3.05, 3.63) is 53.3 Å². The zero-order valence-corrected chi connectivity index (χ0v) is 17.7. The fraction of sp³-hybridized carbons (Fsp3) is 0.583. The van der Waals surface area contributed by atoms with Gasteiger partial charge in [-0.2, -0.15) is 0 Å². The number of carbonyl (C=O) groups excluding carboxylic acids is 1. The summed E-state index contributed by atoms with van der Waals surface area (Å²) in [5, 5.41) is 0. The molecule has 0 aliphatic heterocycles. The van der Waals surface area contributed by atoms with Crippen molar-refractivity contribution in [3.8, 4) is 0 Å². The Kier molecular flexibility index (Phi) is 11.5. The molecular formula is C24H36O3. The molecule has 3 heteroatoms. The van der Waals surface area contributed by atoms with Crippen LogP contribution in [0.4, 0.5) is 0 Å². The monoisotopic (exact) mass is 372 g/mol. The summed E-state index contributed by atoms with van der Waals surface area (Å²) in [5.41, 5.74) is 5.21. The second kappa shape index (κ2) is 13.4. The Morgan fingerprint density at radius 2 is 1.78 bits per heavy atom. The summed E-state index contributed by atoms with van der Waals surface area (Å²) in [6, 6.07) is 9.49. The molecule has 0 aromatic heterocycles. The molecule has 0 saturated carbocycles. The molecule has 0 fully saturated rings. The van der Waals surface area contributed by atoms with Gasteiger partial charge in [-0.05, 0) is 37.3 Å². The number of carbonyl (C=O) groups is 1. The lowest BCUT2D eigenvalue weighted by molar-refractivity contribution is -0.161. The van der Waals surface area contributed by atoms with E-state index >= 15 is 0 Å². The molecule has 0 aliphatic rings. The van der Waals surface area contributed by atoms with E-state index in [4.69, 9.17) is 9.47 Å². The van der Waals surface area contributed by atoms with Gasteiger partial charge in [0, 0.05) is 12.7 Å². The predicted octanol–water partition coefficient (Wildman–Crippen LogP) is 6.40. The Balaban J connectivity index is 2.85. The highest BCUT2D eigenvalue weighted by Crippen LogP contribution is 2.25. The minimum absolute atomic E-state index is 0.181. The standard InChI is InChI=1S/C24H36O3/c1-6-8-9-10-12-16-20(15-7-2)22(19(3)4)27-24(25)23(26-5)21-17-13-11-14-18-21/h7,11,13-14,17-19,22-23H,6,8-10,12,16H2,1-5H3/t15?,22-,23-/m0/s1. The minimum Gasteiger partial charge on any atom is -0.455 e. The second-order valence-corrected chi connectivity index (χ2v) is 7.25. The van der Waals surface area contributed by atoms with Crippen LogP contribution in [0.5, 0.6) is 0 Å². The van der Waals surface area contributed by atoms with Crippen molar-refractivity contribution in [1.29, 1.82) is 0 Å². The maximum absolute atomic E-state index is 12.8. The second-order valence-electron chi connectivity index (χ2n) is 7.25. The molecule has 0 bridgehead atoms. The van der Waals surface area contributed by atoms with E-state index in [2.05, 4.69) is 26.5 Å². The average Bonchev–Trinajstić information content (AvgIpc) is 2.66. The van der Waals surface area contributed by atoms with Crippen LogP contribution in [0.3, 0.4) is 0 Å². The summed E-state index contributed by atoms with van der Waals surface area (Å²) < 4.78 is 11.4. The van der Waals surface area contributed by atoms with Crippen LogP contribution in [0.2, 0.25) is 0 Å². The fourth-order valence-electron chi connectivity index (χ4n) is 3.19. The van der Waals surface area contributed by atoms with Crippen LogP contribution in [0.25, 0.3) is 0 Å². The number of hydrogen-bond acceptors (Lipinski definition) is 3. The molecule has 150 valence electrons. The van der Waals surface area contributed by atoms with Crippen molar-refractivity contribution in [3.63, 3.8) is 0 Å². The highest BCUT2D eigenvalue weighted by Gasteiger charge is 2.28. The summed E-state index contributed by atoms with van der Waals surface area (Å²) in [7, 11) is 1.54. The molecule has 0 amide bonds. The van der Waals surface area contributed by atoms with Gasteiger partial charge < -0.3 is 9.47 Å². The molecule has 1 aromatic carbocycles. The van der Waals surface area contributed by atoms with E-state index in [9.17, 15) is 4.79 Å². The first-order valence-corrected chi connectivity index (χ1v) is 10.2. The smallest absolute Gasteiger partial charge is 0.340 e. The van der Waals surface area contributed by atoms with E-state index in [0.29, 0.717) is 0 Å². The minimum atomic E-state index is -0.705. The van der Waals surface area contributed by atoms with Crippen LogP contribution in [-0.2, 0) is 14.3 Å². The predicted molar refractivity (Wildman–Crippen MR) is 112 cm³/mol. The summed E-state index contributed by atoms with van der Waals surface area (Å²) in [6.45, 7) is 8.34. The number of unbranched alkanes of at least 4 members (excludes halogenated alkanes) is 4. The van der Waals surface area contributed by atoms with Crippen LogP contribution in [0.15, 0.2) is 47.7 Å². The highest BCUT2D eigenvalue weighted by molar-refractivity contribution is 5.77. The van der Waals surface area contributed by atoms with Crippen LogP contribution >= 0.6 is 0 Å². The molecule has 0 radical (unpaired) electrons. The van der Waals surface area contributed by atoms with Crippen molar-refractivity contribution in [1.82, 2.24) is 0 Å². The first-order valence-electron chi connectivity index (χ1n) is 10.2. The lowest BCUT2D eigenvalue weighted by atomic mass is 9.94. The molecule has 0 heterocycles. The number of hydrogen-bond donors (Lipinski definition) is 0. The lowest BCUT2D eigenvalue weighted by Crippen LogP contribution is -2.29. The van der Waals surface area contributed by atoms with E-state index in [1.165, 1.54) is 25.7 Å². The summed E-state index contributed by atoms with van der Waals surface area (Å²) in [4.78, 5) is 12.8. The number of ether oxygens (including phenoxy) is 2. The van der Waals surface area contributed by atoms with E-state index in [1.54, 1.807) is 7.11 Å².